The molecule has 4 rings (SSSR count). The molecule has 4 aromatic rings. The maximum atomic E-state index is 13.3. The first-order chi connectivity index (χ1) is 15.8. The minimum atomic E-state index is -0.258. The van der Waals surface area contributed by atoms with Crippen LogP contribution in [0.15, 0.2) is 58.5 Å². The number of hydrogen-bond donors (Lipinski definition) is 1. The highest BCUT2D eigenvalue weighted by Gasteiger charge is 2.21. The Kier molecular flexibility index (Phi) is 5.99. The molecule has 33 heavy (non-hydrogen) atoms. The molecule has 7 nitrogen and oxygen atoms in total. The molecule has 0 aliphatic rings. The number of nitriles is 1. The highest BCUT2D eigenvalue weighted by Crippen LogP contribution is 2.25. The molecule has 0 aliphatic carbocycles. The van der Waals surface area contributed by atoms with Crippen LogP contribution in [0, 0.1) is 25.2 Å². The van der Waals surface area contributed by atoms with Gasteiger partial charge in [-0.05, 0) is 62.7 Å². The summed E-state index contributed by atoms with van der Waals surface area (Å²) >= 11 is 1.15. The van der Waals surface area contributed by atoms with Crippen molar-refractivity contribution in [2.75, 3.05) is 5.75 Å². The van der Waals surface area contributed by atoms with Crippen LogP contribution in [0.3, 0.4) is 0 Å². The van der Waals surface area contributed by atoms with Crippen molar-refractivity contribution in [1.82, 2.24) is 14.5 Å². The van der Waals surface area contributed by atoms with Gasteiger partial charge in [0.05, 0.1) is 39.7 Å². The van der Waals surface area contributed by atoms with E-state index in [0.29, 0.717) is 49.8 Å². The van der Waals surface area contributed by atoms with E-state index in [2.05, 4.69) is 16.0 Å². The number of para-hydroxylation sites is 1. The molecule has 0 aliphatic heterocycles. The van der Waals surface area contributed by atoms with Gasteiger partial charge < -0.3 is 4.98 Å². The molecule has 0 saturated heterocycles. The molecule has 0 radical (unpaired) electrons. The third kappa shape index (κ3) is 4.11. The lowest BCUT2D eigenvalue weighted by Crippen LogP contribution is -2.22. The van der Waals surface area contributed by atoms with Crippen molar-refractivity contribution in [2.24, 2.45) is 0 Å². The summed E-state index contributed by atoms with van der Waals surface area (Å²) in [5, 5.41) is 9.91. The first-order valence-corrected chi connectivity index (χ1v) is 11.2. The van der Waals surface area contributed by atoms with Crippen molar-refractivity contribution in [2.45, 2.75) is 25.9 Å². The zero-order chi connectivity index (χ0) is 23.7. The number of hydrogen-bond acceptors (Lipinski definition) is 6. The van der Waals surface area contributed by atoms with Crippen LogP contribution in [0.4, 0.5) is 0 Å². The number of Topliss-reactive ketones (excluding diaryl/α,β-unsaturated/α-hetero) is 2. The van der Waals surface area contributed by atoms with Gasteiger partial charge in [0.25, 0.3) is 5.56 Å². The lowest BCUT2D eigenvalue weighted by Gasteiger charge is -2.13. The molecular formula is C25H20N4O3S. The predicted octanol–water partition coefficient (Wildman–Crippen LogP) is 4.38. The Morgan fingerprint density at radius 1 is 1.12 bits per heavy atom. The van der Waals surface area contributed by atoms with Crippen LogP contribution in [0.1, 0.15) is 44.6 Å². The summed E-state index contributed by atoms with van der Waals surface area (Å²) in [5.41, 5.74) is 3.51. The van der Waals surface area contributed by atoms with Crippen LogP contribution in [-0.4, -0.2) is 31.9 Å². The fourth-order valence-electron chi connectivity index (χ4n) is 3.88. The van der Waals surface area contributed by atoms with E-state index >= 15 is 0 Å². The van der Waals surface area contributed by atoms with Crippen molar-refractivity contribution in [3.63, 3.8) is 0 Å². The van der Waals surface area contributed by atoms with Gasteiger partial charge in [-0.1, -0.05) is 23.9 Å². The lowest BCUT2D eigenvalue weighted by molar-refractivity contribution is 0.101. The molecule has 0 unspecified atom stereocenters. The molecule has 2 aromatic heterocycles. The number of rotatable bonds is 6. The third-order valence-corrected chi connectivity index (χ3v) is 6.34. The molecule has 8 heteroatoms. The Labute approximate surface area is 194 Å². The Bertz CT molecular complexity index is 1510. The van der Waals surface area contributed by atoms with Gasteiger partial charge in [0.1, 0.15) is 0 Å². The number of benzene rings is 2. The molecule has 0 saturated carbocycles. The summed E-state index contributed by atoms with van der Waals surface area (Å²) in [6.07, 6.45) is 0. The molecule has 1 N–H and O–H groups in total. The van der Waals surface area contributed by atoms with Crippen LogP contribution >= 0.6 is 11.8 Å². The third-order valence-electron chi connectivity index (χ3n) is 5.40. The molecule has 0 amide bonds. The summed E-state index contributed by atoms with van der Waals surface area (Å²) < 4.78 is 1.45. The molecule has 2 aromatic carbocycles. The number of fused-ring (bicyclic) bond motifs is 1. The van der Waals surface area contributed by atoms with Gasteiger partial charge in [0.2, 0.25) is 0 Å². The van der Waals surface area contributed by atoms with Gasteiger partial charge in [-0.15, -0.1) is 0 Å². The van der Waals surface area contributed by atoms with Gasteiger partial charge in [-0.3, -0.25) is 19.0 Å². The van der Waals surface area contributed by atoms with E-state index in [-0.39, 0.29) is 22.9 Å². The second-order valence-electron chi connectivity index (χ2n) is 7.60. The second kappa shape index (κ2) is 8.88. The molecule has 2 heterocycles. The molecular weight excluding hydrogens is 436 g/mol. The van der Waals surface area contributed by atoms with Crippen molar-refractivity contribution >= 4 is 34.2 Å². The molecule has 164 valence electrons. The predicted molar refractivity (Wildman–Crippen MR) is 127 cm³/mol. The van der Waals surface area contributed by atoms with E-state index < -0.39 is 0 Å². The van der Waals surface area contributed by atoms with E-state index in [9.17, 15) is 14.4 Å². The number of aromatic nitrogens is 3. The summed E-state index contributed by atoms with van der Waals surface area (Å²) in [4.78, 5) is 45.9. The first kappa shape index (κ1) is 22.2. The number of carbonyl (C=O) groups excluding carboxylic acids is 2. The van der Waals surface area contributed by atoms with E-state index in [1.54, 1.807) is 62.4 Å². The largest absolute Gasteiger partial charge is 0.355 e. The first-order valence-electron chi connectivity index (χ1n) is 10.2. The maximum Gasteiger partial charge on any atom is 0.266 e. The van der Waals surface area contributed by atoms with Gasteiger partial charge >= 0.3 is 0 Å². The summed E-state index contributed by atoms with van der Waals surface area (Å²) in [6.45, 7) is 4.99. The summed E-state index contributed by atoms with van der Waals surface area (Å²) in [7, 11) is 0. The zero-order valence-corrected chi connectivity index (χ0v) is 19.1. The lowest BCUT2D eigenvalue weighted by atomic mass is 10.1. The van der Waals surface area contributed by atoms with Crippen molar-refractivity contribution in [3.8, 4) is 11.8 Å². The van der Waals surface area contributed by atoms with Crippen LogP contribution in [0.2, 0.25) is 0 Å². The maximum absolute atomic E-state index is 13.3. The Morgan fingerprint density at radius 3 is 2.45 bits per heavy atom. The quantitative estimate of drug-likeness (QED) is 0.262. The van der Waals surface area contributed by atoms with Crippen LogP contribution in [0.25, 0.3) is 16.6 Å². The Morgan fingerprint density at radius 2 is 1.82 bits per heavy atom. The molecule has 0 atom stereocenters. The highest BCUT2D eigenvalue weighted by atomic mass is 32.2. The number of thioether (sulfide) groups is 1. The van der Waals surface area contributed by atoms with Crippen molar-refractivity contribution in [1.29, 1.82) is 5.26 Å². The second-order valence-corrected chi connectivity index (χ2v) is 8.55. The monoisotopic (exact) mass is 456 g/mol. The van der Waals surface area contributed by atoms with Gasteiger partial charge in [-0.25, -0.2) is 4.98 Å². The van der Waals surface area contributed by atoms with Gasteiger partial charge in [0.15, 0.2) is 16.7 Å². The van der Waals surface area contributed by atoms with Crippen LogP contribution < -0.4 is 5.56 Å². The average Bonchev–Trinajstić information content (AvgIpc) is 3.11. The minimum Gasteiger partial charge on any atom is -0.355 e. The van der Waals surface area contributed by atoms with E-state index in [0.717, 1.165) is 11.8 Å². The normalized spacial score (nSPS) is 10.8. The summed E-state index contributed by atoms with van der Waals surface area (Å²) in [5.74, 6) is -0.264. The summed E-state index contributed by atoms with van der Waals surface area (Å²) in [6, 6.07) is 15.7. The van der Waals surface area contributed by atoms with E-state index in [1.165, 1.54) is 11.5 Å². The SMILES string of the molecule is CC(=O)c1c(C)[nH]c(C(=O)CSc2nc3ccccc3c(=O)n2-c2ccc(C#N)cc2)c1C. The fraction of sp³-hybridized carbons (Fsp3) is 0.160. The van der Waals surface area contributed by atoms with Crippen LogP contribution in [0.5, 0.6) is 0 Å². The fourth-order valence-corrected chi connectivity index (χ4v) is 4.77. The average molecular weight is 457 g/mol. The minimum absolute atomic E-state index is 0.0270. The standard InChI is InChI=1S/C25H20N4O3S/c1-14-22(16(3)30)15(2)27-23(14)21(31)13-33-25-28-20-7-5-4-6-19(20)24(32)29(25)18-10-8-17(12-26)9-11-18/h4-11,27H,13H2,1-3H3. The molecule has 0 fully saturated rings. The highest BCUT2D eigenvalue weighted by molar-refractivity contribution is 7.99. The van der Waals surface area contributed by atoms with E-state index in [4.69, 9.17) is 5.26 Å². The number of carbonyl (C=O) groups is 2. The number of aromatic amines is 1. The Balaban J connectivity index is 1.75. The van der Waals surface area contributed by atoms with Gasteiger partial charge in [0, 0.05) is 11.3 Å². The number of ketones is 2. The number of aryl methyl sites for hydroxylation is 1. The number of nitrogens with one attached hydrogen (secondary N) is 1. The topological polar surface area (TPSA) is 109 Å². The molecule has 0 spiro atoms. The van der Waals surface area contributed by atoms with Crippen molar-refractivity contribution in [3.05, 3.63) is 87.0 Å². The molecule has 0 bridgehead atoms. The van der Waals surface area contributed by atoms with E-state index in [1.807, 2.05) is 0 Å². The van der Waals surface area contributed by atoms with Gasteiger partial charge in [-0.2, -0.15) is 5.26 Å². The van der Waals surface area contributed by atoms with Crippen molar-refractivity contribution < 1.29 is 9.59 Å². The zero-order valence-electron chi connectivity index (χ0n) is 18.3. The number of H-pyrrole nitrogens is 1. The van der Waals surface area contributed by atoms with Crippen LogP contribution in [-0.2, 0) is 0 Å². The smallest absolute Gasteiger partial charge is 0.266 e. The number of nitrogens with zero attached hydrogens (tertiary/aromatic N) is 3. The Hall–Kier alpha value is -3.96.